The molecule has 108 valence electrons. The molecular formula is C15H17N5O. The molecule has 2 aromatic heterocycles. The monoisotopic (exact) mass is 283 g/mol. The molecule has 0 spiro atoms. The molecule has 0 saturated carbocycles. The van der Waals surface area contributed by atoms with Crippen LogP contribution in [0.5, 0.6) is 0 Å². The van der Waals surface area contributed by atoms with E-state index in [2.05, 4.69) is 39.3 Å². The molecule has 0 aliphatic heterocycles. The summed E-state index contributed by atoms with van der Waals surface area (Å²) in [6.45, 7) is 5.03. The lowest BCUT2D eigenvalue weighted by Crippen LogP contribution is -2.25. The van der Waals surface area contributed by atoms with E-state index in [1.165, 1.54) is 0 Å². The molecular weight excluding hydrogens is 266 g/mol. The van der Waals surface area contributed by atoms with Crippen LogP contribution in [0.25, 0.3) is 22.5 Å². The summed E-state index contributed by atoms with van der Waals surface area (Å²) in [5.74, 6) is 1.15. The number of hydrogen-bond donors (Lipinski definition) is 1. The molecule has 0 aliphatic rings. The molecule has 2 heterocycles. The van der Waals surface area contributed by atoms with Crippen LogP contribution in [0.1, 0.15) is 19.7 Å². The Labute approximate surface area is 122 Å². The van der Waals surface area contributed by atoms with Gasteiger partial charge in [-0.15, -0.1) is 10.2 Å². The van der Waals surface area contributed by atoms with Gasteiger partial charge < -0.3 is 9.73 Å². The molecule has 6 nitrogen and oxygen atoms in total. The van der Waals surface area contributed by atoms with E-state index in [0.717, 1.165) is 29.6 Å². The molecule has 0 aliphatic carbocycles. The fourth-order valence-corrected chi connectivity index (χ4v) is 2.04. The lowest BCUT2D eigenvalue weighted by atomic mass is 10.2. The maximum absolute atomic E-state index is 5.69. The average Bonchev–Trinajstić information content (AvgIpc) is 2.95. The number of nitrogens with zero attached hydrogens (tertiary/aromatic N) is 4. The average molecular weight is 283 g/mol. The smallest absolute Gasteiger partial charge is 0.247 e. The molecule has 3 rings (SSSR count). The number of rotatable bonds is 5. The van der Waals surface area contributed by atoms with Gasteiger partial charge in [-0.1, -0.05) is 13.8 Å². The Morgan fingerprint density at radius 2 is 1.90 bits per heavy atom. The highest BCUT2D eigenvalue weighted by Crippen LogP contribution is 2.21. The van der Waals surface area contributed by atoms with Crippen molar-refractivity contribution in [1.29, 1.82) is 0 Å². The van der Waals surface area contributed by atoms with Crippen molar-refractivity contribution in [3.63, 3.8) is 0 Å². The van der Waals surface area contributed by atoms with Crippen LogP contribution in [-0.2, 0) is 6.42 Å². The van der Waals surface area contributed by atoms with Crippen LogP contribution in [0.15, 0.2) is 35.0 Å². The van der Waals surface area contributed by atoms with Crippen molar-refractivity contribution in [3.8, 4) is 11.5 Å². The first-order chi connectivity index (χ1) is 10.2. The van der Waals surface area contributed by atoms with Gasteiger partial charge in [-0.3, -0.25) is 9.97 Å². The fraction of sp³-hybridized carbons (Fsp3) is 0.333. The van der Waals surface area contributed by atoms with Crippen molar-refractivity contribution in [2.45, 2.75) is 26.3 Å². The van der Waals surface area contributed by atoms with Gasteiger partial charge >= 0.3 is 0 Å². The zero-order chi connectivity index (χ0) is 14.7. The van der Waals surface area contributed by atoms with Crippen molar-refractivity contribution < 1.29 is 4.42 Å². The van der Waals surface area contributed by atoms with Crippen molar-refractivity contribution in [2.75, 3.05) is 6.54 Å². The highest BCUT2D eigenvalue weighted by atomic mass is 16.4. The molecule has 0 bridgehead atoms. The largest absolute Gasteiger partial charge is 0.421 e. The van der Waals surface area contributed by atoms with Gasteiger partial charge in [-0.05, 0) is 18.2 Å². The minimum Gasteiger partial charge on any atom is -0.421 e. The molecule has 1 aromatic carbocycles. The molecule has 0 atom stereocenters. The standard InChI is InChI=1S/C15H17N5O/c1-10(2)16-6-5-14-19-20-15(21-14)11-3-4-12-13(9-11)18-8-7-17-12/h3-4,7-10,16H,5-6H2,1-2H3. The predicted molar refractivity (Wildman–Crippen MR) is 79.7 cm³/mol. The Balaban J connectivity index is 1.77. The number of fused-ring (bicyclic) bond motifs is 1. The predicted octanol–water partition coefficient (Wildman–Crippen LogP) is 2.22. The summed E-state index contributed by atoms with van der Waals surface area (Å²) in [4.78, 5) is 8.52. The first kappa shape index (κ1) is 13.6. The first-order valence-electron chi connectivity index (χ1n) is 6.99. The van der Waals surface area contributed by atoms with Gasteiger partial charge in [0.2, 0.25) is 11.8 Å². The summed E-state index contributed by atoms with van der Waals surface area (Å²) < 4.78 is 5.69. The van der Waals surface area contributed by atoms with Gasteiger partial charge in [0.25, 0.3) is 0 Å². The van der Waals surface area contributed by atoms with Gasteiger partial charge in [0.1, 0.15) is 0 Å². The third kappa shape index (κ3) is 3.22. The van der Waals surface area contributed by atoms with Gasteiger partial charge in [0.05, 0.1) is 11.0 Å². The molecule has 21 heavy (non-hydrogen) atoms. The molecule has 0 fully saturated rings. The topological polar surface area (TPSA) is 76.7 Å². The van der Waals surface area contributed by atoms with E-state index in [4.69, 9.17) is 4.42 Å². The molecule has 0 amide bonds. The normalized spacial score (nSPS) is 11.4. The van der Waals surface area contributed by atoms with Crippen molar-refractivity contribution in [3.05, 3.63) is 36.5 Å². The van der Waals surface area contributed by atoms with Gasteiger partial charge in [0.15, 0.2) is 0 Å². The summed E-state index contributed by atoms with van der Waals surface area (Å²) in [6, 6.07) is 6.18. The molecule has 0 radical (unpaired) electrons. The van der Waals surface area contributed by atoms with Crippen LogP contribution in [0.3, 0.4) is 0 Å². The summed E-state index contributed by atoms with van der Waals surface area (Å²) in [5.41, 5.74) is 2.52. The molecule has 1 N–H and O–H groups in total. The van der Waals surface area contributed by atoms with Crippen molar-refractivity contribution >= 4 is 11.0 Å². The number of hydrogen-bond acceptors (Lipinski definition) is 6. The lowest BCUT2D eigenvalue weighted by Gasteiger charge is -2.04. The second-order valence-corrected chi connectivity index (χ2v) is 5.12. The first-order valence-corrected chi connectivity index (χ1v) is 6.99. The highest BCUT2D eigenvalue weighted by Gasteiger charge is 2.09. The molecule has 0 saturated heterocycles. The Kier molecular flexibility index (Phi) is 3.87. The molecule has 0 unspecified atom stereocenters. The van der Waals surface area contributed by atoms with E-state index in [-0.39, 0.29) is 0 Å². The van der Waals surface area contributed by atoms with E-state index in [1.54, 1.807) is 12.4 Å². The number of aromatic nitrogens is 4. The van der Waals surface area contributed by atoms with E-state index in [1.807, 2.05) is 18.2 Å². The van der Waals surface area contributed by atoms with Gasteiger partial charge in [-0.25, -0.2) is 0 Å². The lowest BCUT2D eigenvalue weighted by molar-refractivity contribution is 0.484. The van der Waals surface area contributed by atoms with E-state index in [9.17, 15) is 0 Å². The van der Waals surface area contributed by atoms with Crippen LogP contribution in [0.2, 0.25) is 0 Å². The summed E-state index contributed by atoms with van der Waals surface area (Å²) in [7, 11) is 0. The van der Waals surface area contributed by atoms with Crippen LogP contribution < -0.4 is 5.32 Å². The summed E-state index contributed by atoms with van der Waals surface area (Å²) in [5, 5.41) is 11.5. The number of benzene rings is 1. The zero-order valence-corrected chi connectivity index (χ0v) is 12.1. The van der Waals surface area contributed by atoms with Crippen molar-refractivity contribution in [1.82, 2.24) is 25.5 Å². The highest BCUT2D eigenvalue weighted by molar-refractivity contribution is 5.78. The van der Waals surface area contributed by atoms with Crippen LogP contribution in [0.4, 0.5) is 0 Å². The maximum atomic E-state index is 5.69. The zero-order valence-electron chi connectivity index (χ0n) is 12.1. The molecule has 3 aromatic rings. The Bertz CT molecular complexity index is 738. The van der Waals surface area contributed by atoms with Gasteiger partial charge in [-0.2, -0.15) is 0 Å². The number of nitrogens with one attached hydrogen (secondary N) is 1. The van der Waals surface area contributed by atoms with Crippen LogP contribution >= 0.6 is 0 Å². The Hall–Kier alpha value is -2.34. The fourth-order valence-electron chi connectivity index (χ4n) is 2.04. The van der Waals surface area contributed by atoms with Gasteiger partial charge in [0, 0.05) is 37.0 Å². The van der Waals surface area contributed by atoms with E-state index >= 15 is 0 Å². The third-order valence-electron chi connectivity index (χ3n) is 3.07. The maximum Gasteiger partial charge on any atom is 0.247 e. The van der Waals surface area contributed by atoms with E-state index < -0.39 is 0 Å². The van der Waals surface area contributed by atoms with Crippen molar-refractivity contribution in [2.24, 2.45) is 0 Å². The molecule has 6 heteroatoms. The summed E-state index contributed by atoms with van der Waals surface area (Å²) >= 11 is 0. The summed E-state index contributed by atoms with van der Waals surface area (Å²) in [6.07, 6.45) is 4.07. The Morgan fingerprint density at radius 1 is 1.10 bits per heavy atom. The second-order valence-electron chi connectivity index (χ2n) is 5.12. The van der Waals surface area contributed by atoms with Crippen LogP contribution in [-0.4, -0.2) is 32.8 Å². The van der Waals surface area contributed by atoms with Crippen LogP contribution in [0, 0.1) is 0 Å². The minimum atomic E-state index is 0.450. The second kappa shape index (κ2) is 5.97. The SMILES string of the molecule is CC(C)NCCc1nnc(-c2ccc3nccnc3c2)o1. The van der Waals surface area contributed by atoms with E-state index in [0.29, 0.717) is 17.8 Å². The Morgan fingerprint density at radius 3 is 2.71 bits per heavy atom. The quantitative estimate of drug-likeness (QED) is 0.773. The minimum absolute atomic E-state index is 0.450. The third-order valence-corrected chi connectivity index (χ3v) is 3.07.